The normalized spacial score (nSPS) is 12.9. The molecule has 0 aliphatic carbocycles. The fourth-order valence-corrected chi connectivity index (χ4v) is 4.42. The quantitative estimate of drug-likeness (QED) is 0.304. The average Bonchev–Trinajstić information content (AvgIpc) is 3.18. The molecule has 3 aromatic rings. The lowest BCUT2D eigenvalue weighted by Gasteiger charge is -2.25. The molecule has 1 aliphatic heterocycles. The summed E-state index contributed by atoms with van der Waals surface area (Å²) in [4.78, 5) is 7.14. The van der Waals surface area contributed by atoms with E-state index >= 15 is 0 Å². The molecule has 0 atom stereocenters. The van der Waals surface area contributed by atoms with Crippen LogP contribution in [0.3, 0.4) is 0 Å². The van der Waals surface area contributed by atoms with E-state index in [1.54, 1.807) is 0 Å². The minimum Gasteiger partial charge on any atom is -0.486 e. The second-order valence-corrected chi connectivity index (χ2v) is 8.79. The molecule has 0 bridgehead atoms. The van der Waals surface area contributed by atoms with Crippen molar-refractivity contribution in [1.29, 1.82) is 0 Å². The number of rotatable bonds is 12. The van der Waals surface area contributed by atoms with E-state index in [1.807, 2.05) is 31.2 Å². The van der Waals surface area contributed by atoms with E-state index in [9.17, 15) is 0 Å². The number of hydrogen-bond acceptors (Lipinski definition) is 5. The third-order valence-corrected chi connectivity index (χ3v) is 6.24. The summed E-state index contributed by atoms with van der Waals surface area (Å²) < 4.78 is 19.5. The summed E-state index contributed by atoms with van der Waals surface area (Å²) in [5.41, 5.74) is 3.29. The summed E-state index contributed by atoms with van der Waals surface area (Å²) >= 11 is 6.76. The second-order valence-electron chi connectivity index (χ2n) is 8.43. The lowest BCUT2D eigenvalue weighted by molar-refractivity contribution is 0.106. The lowest BCUT2D eigenvalue weighted by Crippen LogP contribution is -2.28. The Kier molecular flexibility index (Phi) is 8.85. The standard InChI is InChI=1S/C27H34ClN3O3/c1-3-5-13-31-23(26(28)29-27(31)22-9-7-6-8-10-22)20-30(14-15-32-4-2)19-21-11-12-24-25(18-21)34-17-16-33-24/h6-12,18H,3-5,13-17,19-20H2,1-2H3. The van der Waals surface area contributed by atoms with E-state index < -0.39 is 0 Å². The van der Waals surface area contributed by atoms with Crippen LogP contribution in [0.4, 0.5) is 0 Å². The van der Waals surface area contributed by atoms with Crippen molar-refractivity contribution in [3.63, 3.8) is 0 Å². The third kappa shape index (κ3) is 6.12. The molecule has 2 heterocycles. The van der Waals surface area contributed by atoms with Crippen molar-refractivity contribution in [1.82, 2.24) is 14.5 Å². The maximum atomic E-state index is 6.76. The molecule has 0 spiro atoms. The third-order valence-electron chi connectivity index (χ3n) is 5.93. The van der Waals surface area contributed by atoms with Crippen molar-refractivity contribution in [2.24, 2.45) is 0 Å². The van der Waals surface area contributed by atoms with Gasteiger partial charge in [-0.05, 0) is 31.0 Å². The van der Waals surface area contributed by atoms with Gasteiger partial charge in [-0.2, -0.15) is 0 Å². The number of ether oxygens (including phenoxy) is 3. The Balaban J connectivity index is 1.60. The minimum atomic E-state index is 0.568. The molecule has 0 saturated heterocycles. The lowest BCUT2D eigenvalue weighted by atomic mass is 10.1. The van der Waals surface area contributed by atoms with E-state index in [1.165, 1.54) is 5.56 Å². The molecule has 0 saturated carbocycles. The zero-order valence-electron chi connectivity index (χ0n) is 20.1. The molecule has 2 aromatic carbocycles. The number of fused-ring (bicyclic) bond motifs is 1. The maximum Gasteiger partial charge on any atom is 0.161 e. The minimum absolute atomic E-state index is 0.568. The number of halogens is 1. The summed E-state index contributed by atoms with van der Waals surface area (Å²) in [6.07, 6.45) is 2.18. The van der Waals surface area contributed by atoms with Crippen LogP contribution in [0.5, 0.6) is 11.5 Å². The fraction of sp³-hybridized carbons (Fsp3) is 0.444. The Labute approximate surface area is 207 Å². The first kappa shape index (κ1) is 24.6. The Hall–Kier alpha value is -2.54. The van der Waals surface area contributed by atoms with Crippen LogP contribution in [0.1, 0.15) is 37.9 Å². The summed E-state index contributed by atoms with van der Waals surface area (Å²) in [7, 11) is 0. The Morgan fingerprint density at radius 3 is 2.59 bits per heavy atom. The van der Waals surface area contributed by atoms with Crippen molar-refractivity contribution >= 4 is 11.6 Å². The van der Waals surface area contributed by atoms with Crippen molar-refractivity contribution in [3.05, 3.63) is 64.9 Å². The van der Waals surface area contributed by atoms with Gasteiger partial charge in [0.1, 0.15) is 19.0 Å². The molecule has 6 nitrogen and oxygen atoms in total. The van der Waals surface area contributed by atoms with Crippen LogP contribution in [0, 0.1) is 0 Å². The topological polar surface area (TPSA) is 48.8 Å². The Morgan fingerprint density at radius 2 is 1.82 bits per heavy atom. The monoisotopic (exact) mass is 483 g/mol. The molecule has 34 heavy (non-hydrogen) atoms. The molecule has 7 heteroatoms. The SMILES string of the molecule is CCCCn1c(-c2ccccc2)nc(Cl)c1CN(CCOCC)Cc1ccc2c(c1)OCCO2. The van der Waals surface area contributed by atoms with E-state index in [0.717, 1.165) is 61.1 Å². The number of imidazole rings is 1. The summed E-state index contributed by atoms with van der Waals surface area (Å²) in [6, 6.07) is 16.5. The van der Waals surface area contributed by atoms with E-state index in [2.05, 4.69) is 40.7 Å². The summed E-state index contributed by atoms with van der Waals surface area (Å²) in [5.74, 6) is 2.55. The van der Waals surface area contributed by atoms with Gasteiger partial charge in [-0.3, -0.25) is 4.90 Å². The smallest absolute Gasteiger partial charge is 0.161 e. The van der Waals surface area contributed by atoms with Gasteiger partial charge in [0.2, 0.25) is 0 Å². The zero-order valence-corrected chi connectivity index (χ0v) is 20.9. The van der Waals surface area contributed by atoms with E-state index in [4.69, 9.17) is 30.8 Å². The largest absolute Gasteiger partial charge is 0.486 e. The molecule has 182 valence electrons. The molecular formula is C27H34ClN3O3. The van der Waals surface area contributed by atoms with Gasteiger partial charge in [0, 0.05) is 38.3 Å². The highest BCUT2D eigenvalue weighted by atomic mass is 35.5. The van der Waals surface area contributed by atoms with Gasteiger partial charge >= 0.3 is 0 Å². The van der Waals surface area contributed by atoms with Gasteiger partial charge in [-0.15, -0.1) is 0 Å². The van der Waals surface area contributed by atoms with Crippen LogP contribution < -0.4 is 9.47 Å². The summed E-state index contributed by atoms with van der Waals surface area (Å²) in [6.45, 7) is 9.87. The molecule has 0 fully saturated rings. The Morgan fingerprint density at radius 1 is 1.03 bits per heavy atom. The highest BCUT2D eigenvalue weighted by molar-refractivity contribution is 6.30. The first-order chi connectivity index (χ1) is 16.7. The maximum absolute atomic E-state index is 6.76. The van der Waals surface area contributed by atoms with Crippen molar-refractivity contribution in [3.8, 4) is 22.9 Å². The first-order valence-corrected chi connectivity index (χ1v) is 12.6. The van der Waals surface area contributed by atoms with Crippen molar-refractivity contribution < 1.29 is 14.2 Å². The number of aromatic nitrogens is 2. The van der Waals surface area contributed by atoms with Crippen LogP contribution in [0.15, 0.2) is 48.5 Å². The number of benzene rings is 2. The zero-order chi connectivity index (χ0) is 23.8. The van der Waals surface area contributed by atoms with Gasteiger partial charge < -0.3 is 18.8 Å². The average molecular weight is 484 g/mol. The predicted molar refractivity (Wildman–Crippen MR) is 136 cm³/mol. The fourth-order valence-electron chi connectivity index (χ4n) is 4.18. The number of hydrogen-bond donors (Lipinski definition) is 0. The molecule has 0 amide bonds. The number of nitrogens with zero attached hydrogens (tertiary/aromatic N) is 3. The highest BCUT2D eigenvalue weighted by Crippen LogP contribution is 2.32. The molecule has 0 radical (unpaired) electrons. The molecule has 4 rings (SSSR count). The van der Waals surface area contributed by atoms with Crippen molar-refractivity contribution in [2.75, 3.05) is 33.0 Å². The van der Waals surface area contributed by atoms with Gasteiger partial charge in [0.05, 0.1) is 12.3 Å². The van der Waals surface area contributed by atoms with Gasteiger partial charge in [0.25, 0.3) is 0 Å². The summed E-state index contributed by atoms with van der Waals surface area (Å²) in [5, 5.41) is 0.568. The second kappa shape index (κ2) is 12.2. The number of unbranched alkanes of at least 4 members (excludes halogenated alkanes) is 1. The van der Waals surface area contributed by atoms with Crippen LogP contribution in [0.25, 0.3) is 11.4 Å². The molecule has 1 aromatic heterocycles. The van der Waals surface area contributed by atoms with E-state index in [0.29, 0.717) is 38.1 Å². The van der Waals surface area contributed by atoms with Crippen LogP contribution in [-0.4, -0.2) is 47.4 Å². The van der Waals surface area contributed by atoms with Crippen LogP contribution in [-0.2, 0) is 24.4 Å². The first-order valence-electron chi connectivity index (χ1n) is 12.2. The van der Waals surface area contributed by atoms with E-state index in [-0.39, 0.29) is 0 Å². The van der Waals surface area contributed by atoms with Crippen LogP contribution in [0.2, 0.25) is 5.15 Å². The Bertz CT molecular complexity index is 1050. The molecule has 0 unspecified atom stereocenters. The molecule has 0 N–H and O–H groups in total. The predicted octanol–water partition coefficient (Wildman–Crippen LogP) is 5.81. The van der Waals surface area contributed by atoms with Crippen molar-refractivity contribution in [2.45, 2.75) is 46.3 Å². The highest BCUT2D eigenvalue weighted by Gasteiger charge is 2.20. The van der Waals surface area contributed by atoms with Gasteiger partial charge in [-0.1, -0.05) is 61.3 Å². The molecular weight excluding hydrogens is 450 g/mol. The van der Waals surface area contributed by atoms with Gasteiger partial charge in [0.15, 0.2) is 16.7 Å². The van der Waals surface area contributed by atoms with Crippen LogP contribution >= 0.6 is 11.6 Å². The van der Waals surface area contributed by atoms with Gasteiger partial charge in [-0.25, -0.2) is 4.98 Å². The molecule has 1 aliphatic rings.